The van der Waals surface area contributed by atoms with Crippen molar-refractivity contribution >= 4 is 21.6 Å². The van der Waals surface area contributed by atoms with E-state index < -0.39 is 10.0 Å². The maximum atomic E-state index is 12.5. The SMILES string of the molecule is Cc1cccn2cc(C(=O)N3CC[C@H](CS(N)(=O)=O)C3)nc12. The topological polar surface area (TPSA) is 97.8 Å². The number of rotatable bonds is 3. The minimum absolute atomic E-state index is 0.0823. The van der Waals surface area contributed by atoms with Crippen LogP contribution >= 0.6 is 0 Å². The molecule has 1 amide bonds. The molecule has 0 saturated carbocycles. The molecule has 3 heterocycles. The van der Waals surface area contributed by atoms with Crippen LogP contribution in [0.15, 0.2) is 24.5 Å². The average molecular weight is 322 g/mol. The van der Waals surface area contributed by atoms with E-state index in [9.17, 15) is 13.2 Å². The molecule has 1 aliphatic heterocycles. The number of sulfonamides is 1. The molecule has 1 atom stereocenters. The van der Waals surface area contributed by atoms with E-state index in [4.69, 9.17) is 5.14 Å². The Labute approximate surface area is 128 Å². The van der Waals surface area contributed by atoms with E-state index in [0.717, 1.165) is 11.2 Å². The fourth-order valence-corrected chi connectivity index (χ4v) is 3.83. The predicted octanol–water partition coefficient (Wildman–Crippen LogP) is 0.393. The highest BCUT2D eigenvalue weighted by molar-refractivity contribution is 7.89. The fourth-order valence-electron chi connectivity index (χ4n) is 2.90. The Morgan fingerprint density at radius 1 is 1.50 bits per heavy atom. The Kier molecular flexibility index (Phi) is 3.65. The summed E-state index contributed by atoms with van der Waals surface area (Å²) in [5, 5.41) is 5.07. The maximum absolute atomic E-state index is 12.5. The van der Waals surface area contributed by atoms with E-state index in [0.29, 0.717) is 25.2 Å². The molecule has 0 spiro atoms. The molecule has 0 radical (unpaired) electrons. The second-order valence-corrected chi connectivity index (χ2v) is 7.44. The van der Waals surface area contributed by atoms with Crippen LogP contribution in [0.25, 0.3) is 5.65 Å². The zero-order valence-corrected chi connectivity index (χ0v) is 13.1. The number of imidazole rings is 1. The molecule has 0 bridgehead atoms. The molecule has 0 aromatic carbocycles. The summed E-state index contributed by atoms with van der Waals surface area (Å²) in [6.07, 6.45) is 4.20. The van der Waals surface area contributed by atoms with Crippen LogP contribution in [0.1, 0.15) is 22.5 Å². The van der Waals surface area contributed by atoms with Gasteiger partial charge in [0.15, 0.2) is 0 Å². The standard InChI is InChI=1S/C14H18N4O3S/c1-10-3-2-5-17-8-12(16-13(10)17)14(19)18-6-4-11(7-18)9-22(15,20)21/h2-3,5,8,11H,4,6-7,9H2,1H3,(H2,15,20,21)/t11-/m0/s1. The van der Waals surface area contributed by atoms with Gasteiger partial charge in [-0.3, -0.25) is 4.79 Å². The monoisotopic (exact) mass is 322 g/mol. The lowest BCUT2D eigenvalue weighted by molar-refractivity contribution is 0.0783. The number of fused-ring (bicyclic) bond motifs is 1. The molecule has 8 heteroatoms. The fraction of sp³-hybridized carbons (Fsp3) is 0.429. The largest absolute Gasteiger partial charge is 0.337 e. The molecule has 2 N–H and O–H groups in total. The van der Waals surface area contributed by atoms with Gasteiger partial charge in [0, 0.05) is 25.5 Å². The van der Waals surface area contributed by atoms with Crippen LogP contribution in [0, 0.1) is 12.8 Å². The van der Waals surface area contributed by atoms with Crippen LogP contribution in [0.3, 0.4) is 0 Å². The molecule has 2 aromatic rings. The Morgan fingerprint density at radius 3 is 2.95 bits per heavy atom. The number of primary sulfonamides is 1. The Balaban J connectivity index is 1.78. The number of amides is 1. The minimum Gasteiger partial charge on any atom is -0.337 e. The third-order valence-electron chi connectivity index (χ3n) is 3.94. The summed E-state index contributed by atoms with van der Waals surface area (Å²) in [5.41, 5.74) is 2.13. The number of aromatic nitrogens is 2. The molecule has 0 unspecified atom stereocenters. The van der Waals surface area contributed by atoms with Gasteiger partial charge in [0.25, 0.3) is 5.91 Å². The third-order valence-corrected chi connectivity index (χ3v) is 4.87. The summed E-state index contributed by atoms with van der Waals surface area (Å²) in [5.74, 6) is -0.348. The van der Waals surface area contributed by atoms with Crippen LogP contribution in [0.2, 0.25) is 0 Å². The third kappa shape index (κ3) is 2.97. The highest BCUT2D eigenvalue weighted by Gasteiger charge is 2.30. The maximum Gasteiger partial charge on any atom is 0.274 e. The quantitative estimate of drug-likeness (QED) is 0.884. The molecule has 1 fully saturated rings. The summed E-state index contributed by atoms with van der Waals surface area (Å²) in [4.78, 5) is 18.5. The molecule has 1 saturated heterocycles. The molecule has 0 aliphatic carbocycles. The first kappa shape index (κ1) is 15.0. The number of nitrogens with two attached hydrogens (primary N) is 1. The molecule has 7 nitrogen and oxygen atoms in total. The van der Waals surface area contributed by atoms with Gasteiger partial charge in [-0.15, -0.1) is 0 Å². The van der Waals surface area contributed by atoms with Gasteiger partial charge in [0.2, 0.25) is 10.0 Å². The summed E-state index contributed by atoms with van der Waals surface area (Å²) >= 11 is 0. The zero-order chi connectivity index (χ0) is 15.9. The highest BCUT2D eigenvalue weighted by atomic mass is 32.2. The van der Waals surface area contributed by atoms with Crippen LogP contribution in [0.5, 0.6) is 0 Å². The Hall–Kier alpha value is -1.93. The van der Waals surface area contributed by atoms with E-state index in [1.807, 2.05) is 29.7 Å². The number of carbonyl (C=O) groups is 1. The van der Waals surface area contributed by atoms with E-state index in [2.05, 4.69) is 4.98 Å². The number of hydrogen-bond donors (Lipinski definition) is 1. The van der Waals surface area contributed by atoms with Gasteiger partial charge in [-0.1, -0.05) is 6.07 Å². The first-order valence-corrected chi connectivity index (χ1v) is 8.79. The number of pyridine rings is 1. The van der Waals surface area contributed by atoms with Crippen LogP contribution in [0.4, 0.5) is 0 Å². The van der Waals surface area contributed by atoms with E-state index in [1.165, 1.54) is 0 Å². The van der Waals surface area contributed by atoms with Gasteiger partial charge >= 0.3 is 0 Å². The van der Waals surface area contributed by atoms with Crippen molar-refractivity contribution in [3.8, 4) is 0 Å². The summed E-state index contributed by atoms with van der Waals surface area (Å²) in [6.45, 7) is 2.88. The smallest absolute Gasteiger partial charge is 0.274 e. The second-order valence-electron chi connectivity index (χ2n) is 5.78. The summed E-state index contributed by atoms with van der Waals surface area (Å²) < 4.78 is 24.1. The molecule has 3 rings (SSSR count). The van der Waals surface area contributed by atoms with E-state index >= 15 is 0 Å². The summed E-state index contributed by atoms with van der Waals surface area (Å²) in [6, 6.07) is 3.84. The van der Waals surface area contributed by atoms with Gasteiger partial charge in [-0.2, -0.15) is 0 Å². The first-order valence-electron chi connectivity index (χ1n) is 7.07. The lowest BCUT2D eigenvalue weighted by Crippen LogP contribution is -2.31. The van der Waals surface area contributed by atoms with Crippen LogP contribution < -0.4 is 5.14 Å². The van der Waals surface area contributed by atoms with Crippen molar-refractivity contribution in [2.45, 2.75) is 13.3 Å². The van der Waals surface area contributed by atoms with Crippen LogP contribution in [-0.2, 0) is 10.0 Å². The van der Waals surface area contributed by atoms with Gasteiger partial charge in [-0.25, -0.2) is 18.5 Å². The van der Waals surface area contributed by atoms with Crippen molar-refractivity contribution in [1.29, 1.82) is 0 Å². The van der Waals surface area contributed by atoms with Gasteiger partial charge in [0.1, 0.15) is 11.3 Å². The zero-order valence-electron chi connectivity index (χ0n) is 12.3. The van der Waals surface area contributed by atoms with Crippen molar-refractivity contribution in [3.05, 3.63) is 35.8 Å². The van der Waals surface area contributed by atoms with E-state index in [1.54, 1.807) is 11.1 Å². The number of hydrogen-bond acceptors (Lipinski definition) is 4. The summed E-state index contributed by atoms with van der Waals surface area (Å²) in [7, 11) is -3.51. The number of aryl methyl sites for hydroxylation is 1. The number of likely N-dealkylation sites (tertiary alicyclic amines) is 1. The highest BCUT2D eigenvalue weighted by Crippen LogP contribution is 2.20. The minimum atomic E-state index is -3.51. The van der Waals surface area contributed by atoms with E-state index in [-0.39, 0.29) is 17.6 Å². The molecule has 22 heavy (non-hydrogen) atoms. The average Bonchev–Trinajstić information content (AvgIpc) is 3.03. The van der Waals surface area contributed by atoms with Crippen molar-refractivity contribution in [1.82, 2.24) is 14.3 Å². The van der Waals surface area contributed by atoms with Crippen molar-refractivity contribution in [3.63, 3.8) is 0 Å². The molecule has 2 aromatic heterocycles. The molecule has 1 aliphatic rings. The molecular formula is C14H18N4O3S. The molecular weight excluding hydrogens is 304 g/mol. The van der Waals surface area contributed by atoms with Gasteiger partial charge in [-0.05, 0) is 30.9 Å². The molecule has 118 valence electrons. The lowest BCUT2D eigenvalue weighted by Gasteiger charge is -2.14. The number of nitrogens with zero attached hydrogens (tertiary/aromatic N) is 3. The Bertz CT molecular complexity index is 828. The Morgan fingerprint density at radius 2 is 2.27 bits per heavy atom. The van der Waals surface area contributed by atoms with Gasteiger partial charge in [0.05, 0.1) is 5.75 Å². The van der Waals surface area contributed by atoms with Gasteiger partial charge < -0.3 is 9.30 Å². The lowest BCUT2D eigenvalue weighted by atomic mass is 10.2. The predicted molar refractivity (Wildman–Crippen MR) is 81.9 cm³/mol. The normalized spacial score (nSPS) is 19.0. The van der Waals surface area contributed by atoms with Crippen molar-refractivity contribution in [2.24, 2.45) is 11.1 Å². The van der Waals surface area contributed by atoms with Crippen LogP contribution in [-0.4, -0.2) is 47.5 Å². The first-order chi connectivity index (χ1) is 10.3. The number of carbonyl (C=O) groups excluding carboxylic acids is 1. The van der Waals surface area contributed by atoms with Crippen molar-refractivity contribution < 1.29 is 13.2 Å². The van der Waals surface area contributed by atoms with Crippen molar-refractivity contribution in [2.75, 3.05) is 18.8 Å². The second kappa shape index (κ2) is 5.36.